The van der Waals surface area contributed by atoms with E-state index < -0.39 is 0 Å². The summed E-state index contributed by atoms with van der Waals surface area (Å²) >= 11 is 3.37. The van der Waals surface area contributed by atoms with Gasteiger partial charge in [0.2, 0.25) is 0 Å². The van der Waals surface area contributed by atoms with Gasteiger partial charge in [-0.25, -0.2) is 0 Å². The Labute approximate surface area is 110 Å². The van der Waals surface area contributed by atoms with E-state index in [4.69, 9.17) is 5.73 Å². The highest BCUT2D eigenvalue weighted by Gasteiger charge is 2.09. The minimum atomic E-state index is -0.158. The number of hydrogen-bond donors (Lipinski definition) is 1. The Morgan fingerprint density at radius 2 is 1.88 bits per heavy atom. The van der Waals surface area contributed by atoms with Crippen LogP contribution in [0, 0.1) is 0 Å². The van der Waals surface area contributed by atoms with Gasteiger partial charge in [0.15, 0.2) is 0 Å². The van der Waals surface area contributed by atoms with E-state index in [0.717, 1.165) is 22.2 Å². The Balaban J connectivity index is 2.23. The van der Waals surface area contributed by atoms with Gasteiger partial charge in [-0.1, -0.05) is 31.2 Å². The van der Waals surface area contributed by atoms with E-state index in [-0.39, 0.29) is 6.04 Å². The molecule has 0 aliphatic carbocycles. The molecule has 0 aliphatic heterocycles. The Morgan fingerprint density at radius 3 is 2.41 bits per heavy atom. The number of nitrogens with zero attached hydrogens (tertiary/aromatic N) is 1. The van der Waals surface area contributed by atoms with Crippen LogP contribution in [0.2, 0.25) is 0 Å². The summed E-state index contributed by atoms with van der Waals surface area (Å²) in [6, 6.07) is 12.1. The Bertz CT molecular complexity index is 477. The molecule has 1 heterocycles. The van der Waals surface area contributed by atoms with Crippen molar-refractivity contribution in [2.75, 3.05) is 0 Å². The monoisotopic (exact) mass is 290 g/mol. The summed E-state index contributed by atoms with van der Waals surface area (Å²) in [6.45, 7) is 2.14. The highest BCUT2D eigenvalue weighted by molar-refractivity contribution is 9.10. The van der Waals surface area contributed by atoms with E-state index in [1.54, 1.807) is 6.20 Å². The molecule has 0 bridgehead atoms. The van der Waals surface area contributed by atoms with Crippen LogP contribution in [0.5, 0.6) is 0 Å². The third kappa shape index (κ3) is 2.93. The van der Waals surface area contributed by atoms with Crippen molar-refractivity contribution in [1.29, 1.82) is 0 Å². The number of nitrogens with two attached hydrogens (primary N) is 1. The number of hydrogen-bond acceptors (Lipinski definition) is 2. The van der Waals surface area contributed by atoms with E-state index in [9.17, 15) is 0 Å². The maximum absolute atomic E-state index is 6.18. The molecule has 2 aromatic rings. The minimum absolute atomic E-state index is 0.158. The average Bonchev–Trinajstić information content (AvgIpc) is 2.39. The van der Waals surface area contributed by atoms with Gasteiger partial charge in [0, 0.05) is 10.7 Å². The lowest BCUT2D eigenvalue weighted by molar-refractivity contribution is 0.826. The summed E-state index contributed by atoms with van der Waals surface area (Å²) in [7, 11) is 0. The highest BCUT2D eigenvalue weighted by atomic mass is 79.9. The number of benzene rings is 1. The molecule has 1 atom stereocenters. The van der Waals surface area contributed by atoms with Crippen LogP contribution in [-0.2, 0) is 6.42 Å². The number of rotatable bonds is 3. The number of halogens is 1. The number of aromatic nitrogens is 1. The maximum atomic E-state index is 6.18. The minimum Gasteiger partial charge on any atom is -0.319 e. The average molecular weight is 291 g/mol. The van der Waals surface area contributed by atoms with Crippen molar-refractivity contribution in [3.8, 4) is 0 Å². The SMILES string of the molecule is CCc1ccc(C(N)c2ccc(Br)cn2)cc1. The number of aryl methyl sites for hydroxylation is 1. The molecule has 2 N–H and O–H groups in total. The first kappa shape index (κ1) is 12.3. The first-order chi connectivity index (χ1) is 8.20. The molecule has 0 saturated carbocycles. The van der Waals surface area contributed by atoms with Crippen LogP contribution in [0.25, 0.3) is 0 Å². The Hall–Kier alpha value is -1.19. The summed E-state index contributed by atoms with van der Waals surface area (Å²) in [5.74, 6) is 0. The van der Waals surface area contributed by atoms with E-state index in [1.165, 1.54) is 5.56 Å². The van der Waals surface area contributed by atoms with Crippen molar-refractivity contribution in [3.63, 3.8) is 0 Å². The molecule has 1 aromatic carbocycles. The largest absolute Gasteiger partial charge is 0.319 e. The molecule has 0 radical (unpaired) electrons. The fourth-order valence-corrected chi connectivity index (χ4v) is 1.94. The van der Waals surface area contributed by atoms with E-state index in [0.29, 0.717) is 0 Å². The summed E-state index contributed by atoms with van der Waals surface area (Å²) in [5.41, 5.74) is 9.48. The first-order valence-electron chi connectivity index (χ1n) is 5.66. The van der Waals surface area contributed by atoms with Gasteiger partial charge < -0.3 is 5.73 Å². The predicted octanol–water partition coefficient (Wildman–Crippen LogP) is 3.45. The predicted molar refractivity (Wildman–Crippen MR) is 73.8 cm³/mol. The maximum Gasteiger partial charge on any atom is 0.0726 e. The molecule has 1 aromatic heterocycles. The molecule has 0 amide bonds. The van der Waals surface area contributed by atoms with Crippen molar-refractivity contribution in [1.82, 2.24) is 4.98 Å². The molecule has 1 unspecified atom stereocenters. The standard InChI is InChI=1S/C14H15BrN2/c1-2-10-3-5-11(6-4-10)14(16)13-8-7-12(15)9-17-13/h3-9,14H,2,16H2,1H3. The third-order valence-electron chi connectivity index (χ3n) is 2.82. The lowest BCUT2D eigenvalue weighted by atomic mass is 10.0. The van der Waals surface area contributed by atoms with Crippen LogP contribution in [0.3, 0.4) is 0 Å². The molecule has 0 fully saturated rings. The van der Waals surface area contributed by atoms with E-state index in [2.05, 4.69) is 52.1 Å². The molecule has 0 saturated heterocycles. The van der Waals surface area contributed by atoms with Crippen LogP contribution >= 0.6 is 15.9 Å². The normalized spacial score (nSPS) is 12.4. The molecule has 17 heavy (non-hydrogen) atoms. The molecule has 0 spiro atoms. The van der Waals surface area contributed by atoms with E-state index in [1.807, 2.05) is 12.1 Å². The molecule has 2 nitrogen and oxygen atoms in total. The van der Waals surface area contributed by atoms with Crippen molar-refractivity contribution in [2.24, 2.45) is 5.73 Å². The summed E-state index contributed by atoms with van der Waals surface area (Å²) < 4.78 is 0.967. The number of pyridine rings is 1. The topological polar surface area (TPSA) is 38.9 Å². The molecular weight excluding hydrogens is 276 g/mol. The Kier molecular flexibility index (Phi) is 3.92. The zero-order valence-electron chi connectivity index (χ0n) is 9.73. The first-order valence-corrected chi connectivity index (χ1v) is 6.46. The van der Waals surface area contributed by atoms with Gasteiger partial charge in [0.1, 0.15) is 0 Å². The van der Waals surface area contributed by atoms with Gasteiger partial charge in [0.05, 0.1) is 11.7 Å². The fraction of sp³-hybridized carbons (Fsp3) is 0.214. The quantitative estimate of drug-likeness (QED) is 0.940. The molecular formula is C14H15BrN2. The van der Waals surface area contributed by atoms with Crippen LogP contribution in [0.4, 0.5) is 0 Å². The van der Waals surface area contributed by atoms with Gasteiger partial charge in [0.25, 0.3) is 0 Å². The van der Waals surface area contributed by atoms with Crippen molar-refractivity contribution in [3.05, 3.63) is 63.9 Å². The smallest absolute Gasteiger partial charge is 0.0726 e. The molecule has 88 valence electrons. The van der Waals surface area contributed by atoms with Crippen molar-refractivity contribution in [2.45, 2.75) is 19.4 Å². The molecule has 2 rings (SSSR count). The highest BCUT2D eigenvalue weighted by Crippen LogP contribution is 2.19. The zero-order valence-corrected chi connectivity index (χ0v) is 11.3. The summed E-state index contributed by atoms with van der Waals surface area (Å²) in [4.78, 5) is 4.33. The van der Waals surface area contributed by atoms with Gasteiger partial charge >= 0.3 is 0 Å². The van der Waals surface area contributed by atoms with Gasteiger partial charge in [-0.2, -0.15) is 0 Å². The second-order valence-corrected chi connectivity index (χ2v) is 4.89. The fourth-order valence-electron chi connectivity index (χ4n) is 1.70. The van der Waals surface area contributed by atoms with Gasteiger partial charge in [-0.3, -0.25) is 4.98 Å². The van der Waals surface area contributed by atoms with Crippen molar-refractivity contribution >= 4 is 15.9 Å². The van der Waals surface area contributed by atoms with Crippen LogP contribution in [-0.4, -0.2) is 4.98 Å². The molecule has 0 aliphatic rings. The third-order valence-corrected chi connectivity index (χ3v) is 3.29. The van der Waals surface area contributed by atoms with Crippen LogP contribution in [0.15, 0.2) is 47.1 Å². The van der Waals surface area contributed by atoms with Gasteiger partial charge in [-0.15, -0.1) is 0 Å². The van der Waals surface area contributed by atoms with Crippen LogP contribution in [0.1, 0.15) is 29.8 Å². The summed E-state index contributed by atoms with van der Waals surface area (Å²) in [5, 5.41) is 0. The van der Waals surface area contributed by atoms with Crippen LogP contribution < -0.4 is 5.73 Å². The Morgan fingerprint density at radius 1 is 1.18 bits per heavy atom. The lowest BCUT2D eigenvalue weighted by Gasteiger charge is -2.12. The van der Waals surface area contributed by atoms with E-state index >= 15 is 0 Å². The van der Waals surface area contributed by atoms with Crippen molar-refractivity contribution < 1.29 is 0 Å². The lowest BCUT2D eigenvalue weighted by Crippen LogP contribution is -2.13. The second-order valence-electron chi connectivity index (χ2n) is 3.97. The second kappa shape index (κ2) is 5.43. The molecule has 3 heteroatoms. The zero-order chi connectivity index (χ0) is 12.3. The summed E-state index contributed by atoms with van der Waals surface area (Å²) in [6.07, 6.45) is 2.82. The van der Waals surface area contributed by atoms with Gasteiger partial charge in [-0.05, 0) is 45.6 Å².